The highest BCUT2D eigenvalue weighted by molar-refractivity contribution is 7.23. The van der Waals surface area contributed by atoms with Gasteiger partial charge in [-0.1, -0.05) is 23.7 Å². The van der Waals surface area contributed by atoms with Gasteiger partial charge in [0.25, 0.3) is 0 Å². The summed E-state index contributed by atoms with van der Waals surface area (Å²) in [6.45, 7) is 3.96. The number of nitrogens with two attached hydrogens (primary N) is 1. The number of nitriles is 2. The number of likely N-dealkylation sites (tertiary alicyclic amines) is 1. The molecule has 3 saturated heterocycles. The first-order valence-electron chi connectivity index (χ1n) is 15.7. The van der Waals surface area contributed by atoms with Crippen molar-refractivity contribution >= 4 is 55.5 Å². The monoisotopic (exact) mass is 649 g/mol. The van der Waals surface area contributed by atoms with Crippen LogP contribution in [0.2, 0.25) is 0 Å². The van der Waals surface area contributed by atoms with E-state index in [9.17, 15) is 14.9 Å². The van der Waals surface area contributed by atoms with Gasteiger partial charge in [-0.15, -0.1) is 11.3 Å². The molecule has 1 aromatic heterocycles. The quantitative estimate of drug-likeness (QED) is 0.393. The van der Waals surface area contributed by atoms with Gasteiger partial charge in [-0.25, -0.2) is 13.8 Å². The Morgan fingerprint density at radius 3 is 2.67 bits per heavy atom. The average molecular weight is 650 g/mol. The number of nitrogen functional groups attached to an aromatic ring is 1. The predicted octanol–water partition coefficient (Wildman–Crippen LogP) is 6.72. The number of anilines is 1. The lowest BCUT2D eigenvalue weighted by Gasteiger charge is -2.37. The Hall–Kier alpha value is -3.51. The number of rotatable bonds is 4. The molecule has 3 atom stereocenters. The van der Waals surface area contributed by atoms with Crippen LogP contribution in [0.15, 0.2) is 39.1 Å². The second kappa shape index (κ2) is 12.0. The minimum absolute atomic E-state index is 0.0379. The van der Waals surface area contributed by atoms with E-state index >= 15 is 4.39 Å². The zero-order valence-corrected chi connectivity index (χ0v) is 26.4. The first kappa shape index (κ1) is 30.2. The van der Waals surface area contributed by atoms with E-state index in [0.29, 0.717) is 36.9 Å². The van der Waals surface area contributed by atoms with Gasteiger partial charge in [0, 0.05) is 35.5 Å². The number of allylic oxidation sites excluding steroid dienone is 2. The molecule has 4 aliphatic heterocycles. The van der Waals surface area contributed by atoms with Crippen LogP contribution in [0, 0.1) is 40.3 Å². The molecule has 2 aromatic rings. The minimum Gasteiger partial charge on any atom is -0.462 e. The maximum absolute atomic E-state index is 17.0. The summed E-state index contributed by atoms with van der Waals surface area (Å²) in [5.41, 5.74) is 6.52. The number of amidine groups is 2. The van der Waals surface area contributed by atoms with Crippen LogP contribution in [0.25, 0.3) is 15.7 Å². The predicted molar refractivity (Wildman–Crippen MR) is 173 cm³/mol. The van der Waals surface area contributed by atoms with Gasteiger partial charge in [0.05, 0.1) is 27.8 Å². The molecule has 0 bridgehead atoms. The van der Waals surface area contributed by atoms with E-state index in [1.807, 2.05) is 0 Å². The van der Waals surface area contributed by atoms with Crippen molar-refractivity contribution in [3.05, 3.63) is 46.0 Å². The number of aliphatic imine (C=N–C) groups is 2. The van der Waals surface area contributed by atoms with Crippen LogP contribution >= 0.6 is 22.9 Å². The molecule has 1 aromatic carbocycles. The van der Waals surface area contributed by atoms with Gasteiger partial charge in [-0.05, 0) is 75.6 Å². The van der Waals surface area contributed by atoms with Crippen molar-refractivity contribution < 1.29 is 13.5 Å². The van der Waals surface area contributed by atoms with Crippen LogP contribution in [0.5, 0.6) is 0 Å². The van der Waals surface area contributed by atoms with Gasteiger partial charge in [0.1, 0.15) is 41.2 Å². The first-order valence-corrected chi connectivity index (χ1v) is 16.9. The highest BCUT2D eigenvalue weighted by Crippen LogP contribution is 2.47. The van der Waals surface area contributed by atoms with E-state index in [-0.39, 0.29) is 42.8 Å². The van der Waals surface area contributed by atoms with Crippen LogP contribution in [0.1, 0.15) is 62.5 Å². The number of benzene rings is 1. The Morgan fingerprint density at radius 2 is 1.91 bits per heavy atom. The smallest absolute Gasteiger partial charge is 0.314 e. The number of halogens is 3. The molecular formula is C33H34ClF2N7OS. The summed E-state index contributed by atoms with van der Waals surface area (Å²) in [7, 11) is 0. The fourth-order valence-electron chi connectivity index (χ4n) is 7.93. The van der Waals surface area contributed by atoms with Gasteiger partial charge >= 0.3 is 6.02 Å². The fourth-order valence-corrected chi connectivity index (χ4v) is 9.21. The summed E-state index contributed by atoms with van der Waals surface area (Å²) in [5, 5.41) is 19.7. The van der Waals surface area contributed by atoms with Crippen molar-refractivity contribution in [3.8, 4) is 12.1 Å². The SMILES string of the molecule is N#CCC1CCCN(C2=NC(OCC34CCCN3CCC4)=NC3C(F)=C(c4ccc(F)c5sc(N)c(C#N)c45)C(Cl)=CC23)CC1. The number of hydrogen-bond acceptors (Lipinski definition) is 9. The van der Waals surface area contributed by atoms with Crippen molar-refractivity contribution in [2.75, 3.05) is 38.5 Å². The van der Waals surface area contributed by atoms with E-state index in [0.717, 1.165) is 75.9 Å². The molecule has 0 radical (unpaired) electrons. The van der Waals surface area contributed by atoms with Gasteiger partial charge < -0.3 is 15.4 Å². The van der Waals surface area contributed by atoms with E-state index < -0.39 is 23.6 Å². The zero-order valence-electron chi connectivity index (χ0n) is 24.9. The highest BCUT2D eigenvalue weighted by Gasteiger charge is 2.46. The molecular weight excluding hydrogens is 616 g/mol. The number of fused-ring (bicyclic) bond motifs is 3. The molecule has 0 amide bonds. The average Bonchev–Trinajstić information content (AvgIpc) is 3.65. The van der Waals surface area contributed by atoms with Gasteiger partial charge in [0.15, 0.2) is 0 Å². The third kappa shape index (κ3) is 5.19. The summed E-state index contributed by atoms with van der Waals surface area (Å²) in [5.74, 6) is -0.732. The van der Waals surface area contributed by atoms with E-state index in [4.69, 9.17) is 32.1 Å². The van der Waals surface area contributed by atoms with E-state index in [1.54, 1.807) is 6.08 Å². The Labute approximate surface area is 270 Å². The highest BCUT2D eigenvalue weighted by atomic mass is 35.5. The lowest BCUT2D eigenvalue weighted by atomic mass is 9.84. The third-order valence-electron chi connectivity index (χ3n) is 10.2. The summed E-state index contributed by atoms with van der Waals surface area (Å²) in [6, 6.07) is 6.23. The molecule has 5 aliphatic rings. The molecule has 3 unspecified atom stereocenters. The fraction of sp³-hybridized carbons (Fsp3) is 0.515. The third-order valence-corrected chi connectivity index (χ3v) is 11.5. The van der Waals surface area contributed by atoms with Crippen LogP contribution in [-0.4, -0.2) is 66.0 Å². The lowest BCUT2D eigenvalue weighted by molar-refractivity contribution is 0.105. The minimum atomic E-state index is -0.995. The first-order chi connectivity index (χ1) is 21.8. The molecule has 2 N–H and O–H groups in total. The van der Waals surface area contributed by atoms with Gasteiger partial charge in [-0.2, -0.15) is 15.5 Å². The molecule has 45 heavy (non-hydrogen) atoms. The number of ether oxygens (including phenoxy) is 1. The van der Waals surface area contributed by atoms with Crippen molar-refractivity contribution in [1.82, 2.24) is 9.80 Å². The molecule has 1 aliphatic carbocycles. The molecule has 8 nitrogen and oxygen atoms in total. The standard InChI is InChI=1S/C33H34ClF2N7OS/c34-23-16-21-28(27(36)26(23)20-5-6-24(35)29-25(20)22(17-38)30(39)45-29)40-32(44-18-33-9-2-13-43(33)14-3-10-33)41-31(21)42-12-1-4-19(7-11-37)8-15-42/h5-6,16,19,21,28H,1-4,7-10,12-15,18,39H2. The molecule has 12 heteroatoms. The molecule has 0 saturated carbocycles. The summed E-state index contributed by atoms with van der Waals surface area (Å²) in [4.78, 5) is 14.3. The van der Waals surface area contributed by atoms with Crippen LogP contribution in [-0.2, 0) is 4.74 Å². The molecule has 3 fully saturated rings. The van der Waals surface area contributed by atoms with Crippen molar-refractivity contribution in [3.63, 3.8) is 0 Å². The van der Waals surface area contributed by atoms with Gasteiger partial charge in [-0.3, -0.25) is 4.90 Å². The number of hydrogen-bond donors (Lipinski definition) is 1. The molecule has 234 valence electrons. The Kier molecular flexibility index (Phi) is 8.05. The summed E-state index contributed by atoms with van der Waals surface area (Å²) >= 11 is 7.84. The zero-order chi connectivity index (χ0) is 31.3. The lowest BCUT2D eigenvalue weighted by Crippen LogP contribution is -2.46. The van der Waals surface area contributed by atoms with E-state index in [2.05, 4.69) is 21.9 Å². The Bertz CT molecular complexity index is 1740. The summed E-state index contributed by atoms with van der Waals surface area (Å²) < 4.78 is 38.4. The van der Waals surface area contributed by atoms with Gasteiger partial charge in [0.2, 0.25) is 0 Å². The van der Waals surface area contributed by atoms with Crippen LogP contribution in [0.3, 0.4) is 0 Å². The number of nitrogens with zero attached hydrogens (tertiary/aromatic N) is 6. The van der Waals surface area contributed by atoms with Crippen molar-refractivity contribution in [2.45, 2.75) is 62.9 Å². The topological polar surface area (TPSA) is 114 Å². The molecule has 5 heterocycles. The second-order valence-corrected chi connectivity index (χ2v) is 14.2. The largest absolute Gasteiger partial charge is 0.462 e. The molecule has 7 rings (SSSR count). The van der Waals surface area contributed by atoms with Crippen molar-refractivity contribution in [1.29, 1.82) is 10.5 Å². The molecule has 0 spiro atoms. The van der Waals surface area contributed by atoms with E-state index in [1.165, 1.54) is 12.1 Å². The van der Waals surface area contributed by atoms with Crippen LogP contribution in [0.4, 0.5) is 13.8 Å². The Balaban J connectivity index is 1.29. The maximum atomic E-state index is 17.0. The second-order valence-electron chi connectivity index (χ2n) is 12.7. The summed E-state index contributed by atoms with van der Waals surface area (Å²) in [6.07, 6.45) is 9.31. The van der Waals surface area contributed by atoms with Crippen LogP contribution < -0.4 is 5.73 Å². The normalized spacial score (nSPS) is 26.4. The number of thiophene rings is 1. The maximum Gasteiger partial charge on any atom is 0.314 e. The Morgan fingerprint density at radius 1 is 1.11 bits per heavy atom. The van der Waals surface area contributed by atoms with Crippen molar-refractivity contribution in [2.24, 2.45) is 21.8 Å².